The minimum Gasteiger partial charge on any atom is -0.481 e. The van der Waals surface area contributed by atoms with Crippen LogP contribution in [-0.2, 0) is 14.8 Å². The van der Waals surface area contributed by atoms with Crippen molar-refractivity contribution in [1.29, 1.82) is 0 Å². The number of nitrogens with zero attached hydrogens (tertiary/aromatic N) is 1. The van der Waals surface area contributed by atoms with Crippen molar-refractivity contribution in [3.8, 4) is 5.75 Å². The number of nitrogens with one attached hydrogen (secondary N) is 2. The van der Waals surface area contributed by atoms with Crippen molar-refractivity contribution in [2.75, 3.05) is 22.9 Å². The Balaban J connectivity index is 2.12. The molecule has 0 saturated carbocycles. The molecule has 0 unspecified atom stereocenters. The predicted octanol–water partition coefficient (Wildman–Crippen LogP) is 3.41. The van der Waals surface area contributed by atoms with Gasteiger partial charge in [0, 0.05) is 13.1 Å². The first-order valence-electron chi connectivity index (χ1n) is 10.5. The Hall–Kier alpha value is -3.07. The number of para-hydroxylation sites is 1. The summed E-state index contributed by atoms with van der Waals surface area (Å²) in [6.45, 7) is 5.71. The van der Waals surface area contributed by atoms with Crippen LogP contribution in [0.4, 0.5) is 11.4 Å². The van der Waals surface area contributed by atoms with Gasteiger partial charge in [0.1, 0.15) is 5.75 Å². The number of anilines is 2. The van der Waals surface area contributed by atoms with E-state index in [1.807, 2.05) is 20.8 Å². The molecule has 2 atom stereocenters. The number of sulfonamides is 1. The molecule has 0 aliphatic carbocycles. The van der Waals surface area contributed by atoms with E-state index in [0.29, 0.717) is 29.1 Å². The van der Waals surface area contributed by atoms with E-state index in [-0.39, 0.29) is 17.9 Å². The molecule has 2 amide bonds. The molecule has 2 aromatic rings. The second-order valence-electron chi connectivity index (χ2n) is 7.56. The van der Waals surface area contributed by atoms with Gasteiger partial charge in [-0.3, -0.25) is 13.9 Å². The number of hydrogen-bond donors (Lipinski definition) is 2. The van der Waals surface area contributed by atoms with Gasteiger partial charge in [0.05, 0.1) is 23.2 Å². The van der Waals surface area contributed by atoms with Gasteiger partial charge >= 0.3 is 0 Å². The average Bonchev–Trinajstić information content (AvgIpc) is 2.76. The molecular formula is C23H31N3O5S. The van der Waals surface area contributed by atoms with Crippen LogP contribution in [0.1, 0.15) is 44.0 Å². The van der Waals surface area contributed by atoms with Crippen molar-refractivity contribution in [3.05, 3.63) is 54.1 Å². The van der Waals surface area contributed by atoms with E-state index in [0.717, 1.165) is 17.0 Å². The van der Waals surface area contributed by atoms with Gasteiger partial charge in [-0.2, -0.15) is 0 Å². The highest BCUT2D eigenvalue weighted by Crippen LogP contribution is 2.22. The molecule has 2 rings (SSSR count). The van der Waals surface area contributed by atoms with Crippen LogP contribution >= 0.6 is 0 Å². The third-order valence-corrected chi connectivity index (χ3v) is 6.26. The molecule has 32 heavy (non-hydrogen) atoms. The van der Waals surface area contributed by atoms with Crippen molar-refractivity contribution in [1.82, 2.24) is 5.32 Å². The van der Waals surface area contributed by atoms with Crippen LogP contribution in [0.3, 0.4) is 0 Å². The Bertz CT molecular complexity index is 1040. The normalized spacial score (nSPS) is 13.0. The number of hydrogen-bond acceptors (Lipinski definition) is 5. The zero-order valence-electron chi connectivity index (χ0n) is 19.1. The molecule has 0 heterocycles. The summed E-state index contributed by atoms with van der Waals surface area (Å²) in [6, 6.07) is 13.3. The molecule has 174 valence electrons. The third-order valence-electron chi connectivity index (χ3n) is 5.06. The summed E-state index contributed by atoms with van der Waals surface area (Å²) >= 11 is 0. The maximum Gasteiger partial charge on any atom is 0.265 e. The fourth-order valence-corrected chi connectivity index (χ4v) is 3.32. The largest absolute Gasteiger partial charge is 0.481 e. The lowest BCUT2D eigenvalue weighted by atomic mass is 10.1. The molecule has 9 heteroatoms. The van der Waals surface area contributed by atoms with Gasteiger partial charge in [-0.15, -0.1) is 0 Å². The van der Waals surface area contributed by atoms with Gasteiger partial charge in [0.2, 0.25) is 10.0 Å². The van der Waals surface area contributed by atoms with E-state index in [1.165, 1.54) is 7.05 Å². The number of carbonyl (C=O) groups excluding carboxylic acids is 2. The minimum absolute atomic E-state index is 0.0164. The smallest absolute Gasteiger partial charge is 0.265 e. The maximum atomic E-state index is 12.9. The van der Waals surface area contributed by atoms with Crippen LogP contribution in [0, 0.1) is 0 Å². The molecule has 0 bridgehead atoms. The Kier molecular flexibility index (Phi) is 8.65. The zero-order valence-corrected chi connectivity index (χ0v) is 19.9. The number of amides is 2. The first-order valence-corrected chi connectivity index (χ1v) is 12.3. The lowest BCUT2D eigenvalue weighted by Crippen LogP contribution is -2.35. The Morgan fingerprint density at radius 3 is 2.22 bits per heavy atom. The van der Waals surface area contributed by atoms with Gasteiger partial charge in [-0.05, 0) is 56.2 Å². The summed E-state index contributed by atoms with van der Waals surface area (Å²) in [5.41, 5.74) is 1.27. The van der Waals surface area contributed by atoms with Gasteiger partial charge < -0.3 is 15.4 Å². The standard InChI is InChI=1S/C23H31N3O5S/c1-6-16(3)24-22(27)19-10-8-9-11-20(19)25-23(28)21(7-2)31-18-14-12-17(13-15-18)26(4)32(5,29)30/h8-16,21H,6-7H2,1-5H3,(H,24,27)(H,25,28)/t16-,21+/m1/s1. The van der Waals surface area contributed by atoms with Crippen molar-refractivity contribution in [3.63, 3.8) is 0 Å². The van der Waals surface area contributed by atoms with Crippen LogP contribution in [0.15, 0.2) is 48.5 Å². The fraction of sp³-hybridized carbons (Fsp3) is 0.391. The highest BCUT2D eigenvalue weighted by molar-refractivity contribution is 7.92. The highest BCUT2D eigenvalue weighted by atomic mass is 32.2. The molecule has 0 fully saturated rings. The first-order chi connectivity index (χ1) is 15.1. The lowest BCUT2D eigenvalue weighted by molar-refractivity contribution is -0.122. The molecule has 0 spiro atoms. The molecule has 8 nitrogen and oxygen atoms in total. The first kappa shape index (κ1) is 25.2. The number of carbonyl (C=O) groups is 2. The highest BCUT2D eigenvalue weighted by Gasteiger charge is 2.22. The second-order valence-corrected chi connectivity index (χ2v) is 9.57. The Morgan fingerprint density at radius 1 is 1.03 bits per heavy atom. The summed E-state index contributed by atoms with van der Waals surface area (Å²) < 4.78 is 30.3. The van der Waals surface area contributed by atoms with Gasteiger partial charge in [-0.1, -0.05) is 26.0 Å². The summed E-state index contributed by atoms with van der Waals surface area (Å²) in [4.78, 5) is 25.4. The summed E-state index contributed by atoms with van der Waals surface area (Å²) in [7, 11) is -1.91. The molecule has 0 saturated heterocycles. The van der Waals surface area contributed by atoms with Crippen molar-refractivity contribution in [2.45, 2.75) is 45.8 Å². The number of ether oxygens (including phenoxy) is 1. The minimum atomic E-state index is -3.37. The topological polar surface area (TPSA) is 105 Å². The summed E-state index contributed by atoms with van der Waals surface area (Å²) in [5.74, 6) is -0.205. The van der Waals surface area contributed by atoms with Gasteiger partial charge in [0.25, 0.3) is 11.8 Å². The van der Waals surface area contributed by atoms with Crippen LogP contribution in [0.25, 0.3) is 0 Å². The van der Waals surface area contributed by atoms with Crippen LogP contribution in [0.5, 0.6) is 5.75 Å². The maximum absolute atomic E-state index is 12.9. The van der Waals surface area contributed by atoms with E-state index in [2.05, 4.69) is 10.6 Å². The number of benzene rings is 2. The van der Waals surface area contributed by atoms with E-state index in [4.69, 9.17) is 4.74 Å². The van der Waals surface area contributed by atoms with E-state index in [9.17, 15) is 18.0 Å². The SMILES string of the molecule is CC[C@@H](C)NC(=O)c1ccccc1NC(=O)[C@H](CC)Oc1ccc(N(C)S(C)(=O)=O)cc1. The Morgan fingerprint density at radius 2 is 1.66 bits per heavy atom. The van der Waals surface area contributed by atoms with Gasteiger partial charge in [0.15, 0.2) is 6.10 Å². The fourth-order valence-electron chi connectivity index (χ4n) is 2.82. The van der Waals surface area contributed by atoms with Crippen molar-refractivity contribution >= 4 is 33.2 Å². The third kappa shape index (κ3) is 6.71. The zero-order chi connectivity index (χ0) is 23.9. The second kappa shape index (κ2) is 11.0. The van der Waals surface area contributed by atoms with Crippen LogP contribution in [-0.4, -0.2) is 45.7 Å². The quantitative estimate of drug-likeness (QED) is 0.564. The van der Waals surface area contributed by atoms with Crippen LogP contribution in [0.2, 0.25) is 0 Å². The van der Waals surface area contributed by atoms with Crippen LogP contribution < -0.4 is 19.7 Å². The summed E-state index contributed by atoms with van der Waals surface area (Å²) in [5, 5.41) is 5.69. The molecule has 2 aromatic carbocycles. The summed E-state index contributed by atoms with van der Waals surface area (Å²) in [6.07, 6.45) is 1.53. The molecule has 0 aliphatic heterocycles. The van der Waals surface area contributed by atoms with E-state index in [1.54, 1.807) is 48.5 Å². The molecule has 0 radical (unpaired) electrons. The lowest BCUT2D eigenvalue weighted by Gasteiger charge is -2.20. The van der Waals surface area contributed by atoms with E-state index >= 15 is 0 Å². The monoisotopic (exact) mass is 461 g/mol. The van der Waals surface area contributed by atoms with Crippen molar-refractivity contribution in [2.24, 2.45) is 0 Å². The predicted molar refractivity (Wildman–Crippen MR) is 127 cm³/mol. The average molecular weight is 462 g/mol. The molecular weight excluding hydrogens is 430 g/mol. The Labute approximate surface area is 190 Å². The van der Waals surface area contributed by atoms with E-state index < -0.39 is 16.1 Å². The number of rotatable bonds is 10. The van der Waals surface area contributed by atoms with Gasteiger partial charge in [-0.25, -0.2) is 8.42 Å². The van der Waals surface area contributed by atoms with Crippen molar-refractivity contribution < 1.29 is 22.7 Å². The molecule has 0 aromatic heterocycles. The molecule has 0 aliphatic rings. The molecule has 2 N–H and O–H groups in total.